The highest BCUT2D eigenvalue weighted by Crippen LogP contribution is 2.24. The van der Waals surface area contributed by atoms with Gasteiger partial charge in [0.2, 0.25) is 0 Å². The van der Waals surface area contributed by atoms with Gasteiger partial charge in [0.25, 0.3) is 10.0 Å². The summed E-state index contributed by atoms with van der Waals surface area (Å²) in [5.41, 5.74) is 0.600. The molecule has 0 radical (unpaired) electrons. The van der Waals surface area contributed by atoms with Crippen molar-refractivity contribution >= 4 is 41.9 Å². The van der Waals surface area contributed by atoms with Crippen LogP contribution in [0.5, 0.6) is 0 Å². The monoisotopic (exact) mass is 450 g/mol. The molecule has 2 N–H and O–H groups in total. The molecule has 0 bridgehead atoms. The van der Waals surface area contributed by atoms with Crippen LogP contribution < -0.4 is 5.32 Å². The van der Waals surface area contributed by atoms with Gasteiger partial charge in [0.1, 0.15) is 4.60 Å². The van der Waals surface area contributed by atoms with Gasteiger partial charge in [-0.1, -0.05) is 6.07 Å². The lowest BCUT2D eigenvalue weighted by atomic mass is 10.2. The lowest BCUT2D eigenvalue weighted by Crippen LogP contribution is -2.23. The quantitative estimate of drug-likeness (QED) is 0.690. The maximum absolute atomic E-state index is 12.8. The Morgan fingerprint density at radius 3 is 2.44 bits per heavy atom. The van der Waals surface area contributed by atoms with Gasteiger partial charge in [-0.3, -0.25) is 0 Å². The van der Waals surface area contributed by atoms with Gasteiger partial charge in [0.05, 0.1) is 9.79 Å². The number of nitrogens with one attached hydrogen (secondary N) is 1. The summed E-state index contributed by atoms with van der Waals surface area (Å²) in [6.07, 6.45) is 1.49. The SMILES string of the molecule is CS(=O)(=O)c1cccc(S(=O)(=O)n2cc(CCNC(=O)O)cc2Br)c1. The number of hydrogen-bond acceptors (Lipinski definition) is 5. The Morgan fingerprint density at radius 1 is 1.20 bits per heavy atom. The van der Waals surface area contributed by atoms with E-state index in [0.29, 0.717) is 12.0 Å². The first-order chi connectivity index (χ1) is 11.5. The minimum atomic E-state index is -4.00. The minimum Gasteiger partial charge on any atom is -0.465 e. The van der Waals surface area contributed by atoms with Gasteiger partial charge >= 0.3 is 6.09 Å². The molecule has 0 fully saturated rings. The normalized spacial score (nSPS) is 12.1. The van der Waals surface area contributed by atoms with E-state index in [2.05, 4.69) is 21.2 Å². The summed E-state index contributed by atoms with van der Waals surface area (Å²) in [5.74, 6) is 0. The molecule has 0 aliphatic carbocycles. The predicted octanol–water partition coefficient (Wildman–Crippen LogP) is 1.70. The fourth-order valence-electron chi connectivity index (χ4n) is 2.08. The van der Waals surface area contributed by atoms with E-state index in [0.717, 1.165) is 16.3 Å². The van der Waals surface area contributed by atoms with E-state index in [1.807, 2.05) is 0 Å². The van der Waals surface area contributed by atoms with Crippen LogP contribution >= 0.6 is 15.9 Å². The second-order valence-electron chi connectivity index (χ2n) is 5.20. The third-order valence-electron chi connectivity index (χ3n) is 3.28. The molecule has 0 unspecified atom stereocenters. The molecule has 0 atom stereocenters. The van der Waals surface area contributed by atoms with Crippen molar-refractivity contribution in [2.24, 2.45) is 0 Å². The molecular formula is C14H15BrN2O6S2. The highest BCUT2D eigenvalue weighted by atomic mass is 79.9. The lowest BCUT2D eigenvalue weighted by molar-refractivity contribution is 0.194. The van der Waals surface area contributed by atoms with Crippen molar-refractivity contribution in [2.75, 3.05) is 12.8 Å². The van der Waals surface area contributed by atoms with Crippen molar-refractivity contribution in [3.63, 3.8) is 0 Å². The second kappa shape index (κ2) is 7.18. The molecule has 1 amide bonds. The number of halogens is 1. The molecular weight excluding hydrogens is 436 g/mol. The first kappa shape index (κ1) is 19.5. The smallest absolute Gasteiger partial charge is 0.404 e. The van der Waals surface area contributed by atoms with Crippen LogP contribution in [0.2, 0.25) is 0 Å². The highest BCUT2D eigenvalue weighted by Gasteiger charge is 2.21. The standard InChI is InChI=1S/C14H15BrN2O6S2/c1-24(20,21)11-3-2-4-12(8-11)25(22,23)17-9-10(7-13(17)15)5-6-16-14(18)19/h2-4,7-9,16H,5-6H2,1H3,(H,18,19). The summed E-state index contributed by atoms with van der Waals surface area (Å²) in [4.78, 5) is 10.2. The summed E-state index contributed by atoms with van der Waals surface area (Å²) in [6, 6.07) is 6.65. The fourth-order valence-corrected chi connectivity index (χ4v) is 5.10. The van der Waals surface area contributed by atoms with Crippen LogP contribution in [0.3, 0.4) is 0 Å². The van der Waals surface area contributed by atoms with Crippen molar-refractivity contribution in [2.45, 2.75) is 16.2 Å². The van der Waals surface area contributed by atoms with Gasteiger partial charge in [-0.05, 0) is 52.2 Å². The van der Waals surface area contributed by atoms with Gasteiger partial charge in [-0.25, -0.2) is 25.6 Å². The number of amides is 1. The van der Waals surface area contributed by atoms with Gasteiger partial charge in [-0.15, -0.1) is 0 Å². The Kier molecular flexibility index (Phi) is 5.59. The molecule has 0 spiro atoms. The Hall–Kier alpha value is -1.85. The number of hydrogen-bond donors (Lipinski definition) is 2. The van der Waals surface area contributed by atoms with Crippen molar-refractivity contribution in [3.05, 3.63) is 46.7 Å². The van der Waals surface area contributed by atoms with Crippen molar-refractivity contribution in [1.82, 2.24) is 9.29 Å². The zero-order chi connectivity index (χ0) is 18.8. The molecule has 0 aliphatic rings. The van der Waals surface area contributed by atoms with Crippen LogP contribution in [-0.4, -0.2) is 44.8 Å². The number of sulfone groups is 1. The topological polar surface area (TPSA) is 123 Å². The van der Waals surface area contributed by atoms with E-state index in [4.69, 9.17) is 5.11 Å². The fraction of sp³-hybridized carbons (Fsp3) is 0.214. The summed E-state index contributed by atoms with van der Waals surface area (Å²) < 4.78 is 50.0. The Morgan fingerprint density at radius 2 is 1.84 bits per heavy atom. The predicted molar refractivity (Wildman–Crippen MR) is 94.0 cm³/mol. The molecule has 8 nitrogen and oxygen atoms in total. The molecule has 2 aromatic rings. The van der Waals surface area contributed by atoms with Crippen molar-refractivity contribution < 1.29 is 26.7 Å². The van der Waals surface area contributed by atoms with Crippen molar-refractivity contribution in [1.29, 1.82) is 0 Å². The third kappa shape index (κ3) is 4.61. The van der Waals surface area contributed by atoms with Gasteiger partial charge in [-0.2, -0.15) is 0 Å². The Balaban J connectivity index is 2.37. The van der Waals surface area contributed by atoms with Crippen LogP contribution in [0, 0.1) is 0 Å². The van der Waals surface area contributed by atoms with E-state index < -0.39 is 26.0 Å². The minimum absolute atomic E-state index is 0.0947. The summed E-state index contributed by atoms with van der Waals surface area (Å²) >= 11 is 3.16. The zero-order valence-electron chi connectivity index (χ0n) is 13.0. The number of carboxylic acid groups (broad SMARTS) is 1. The molecule has 0 aliphatic heterocycles. The molecule has 0 saturated heterocycles. The average molecular weight is 451 g/mol. The van der Waals surface area contributed by atoms with Crippen LogP contribution in [0.4, 0.5) is 4.79 Å². The molecule has 1 aromatic heterocycles. The molecule has 1 aromatic carbocycles. The van der Waals surface area contributed by atoms with Crippen molar-refractivity contribution in [3.8, 4) is 0 Å². The maximum Gasteiger partial charge on any atom is 0.404 e. The Labute approximate surface area is 153 Å². The maximum atomic E-state index is 12.8. The van der Waals surface area contributed by atoms with Crippen LogP contribution in [-0.2, 0) is 26.3 Å². The average Bonchev–Trinajstić information content (AvgIpc) is 2.88. The number of benzene rings is 1. The summed E-state index contributed by atoms with van der Waals surface area (Å²) in [6.45, 7) is 0.134. The molecule has 0 saturated carbocycles. The molecule has 136 valence electrons. The van der Waals surface area contributed by atoms with E-state index in [1.54, 1.807) is 6.07 Å². The summed E-state index contributed by atoms with van der Waals surface area (Å²) in [5, 5.41) is 10.7. The van der Waals surface area contributed by atoms with Gasteiger partial charge in [0, 0.05) is 19.0 Å². The van der Waals surface area contributed by atoms with Crippen LogP contribution in [0.25, 0.3) is 0 Å². The van der Waals surface area contributed by atoms with Gasteiger partial charge < -0.3 is 10.4 Å². The third-order valence-corrected chi connectivity index (χ3v) is 6.90. The number of aromatic nitrogens is 1. The van der Waals surface area contributed by atoms with E-state index in [1.165, 1.54) is 24.4 Å². The van der Waals surface area contributed by atoms with E-state index in [-0.39, 0.29) is 20.9 Å². The zero-order valence-corrected chi connectivity index (χ0v) is 16.2. The molecule has 25 heavy (non-hydrogen) atoms. The lowest BCUT2D eigenvalue weighted by Gasteiger charge is -2.08. The first-order valence-electron chi connectivity index (χ1n) is 6.91. The summed E-state index contributed by atoms with van der Waals surface area (Å²) in [7, 11) is -7.55. The van der Waals surface area contributed by atoms with Gasteiger partial charge in [0.15, 0.2) is 9.84 Å². The van der Waals surface area contributed by atoms with E-state index >= 15 is 0 Å². The Bertz CT molecular complexity index is 1010. The van der Waals surface area contributed by atoms with Crippen LogP contribution in [0.1, 0.15) is 5.56 Å². The second-order valence-corrected chi connectivity index (χ2v) is 9.84. The number of carbonyl (C=O) groups is 1. The van der Waals surface area contributed by atoms with Crippen LogP contribution in [0.15, 0.2) is 50.9 Å². The van der Waals surface area contributed by atoms with E-state index in [9.17, 15) is 21.6 Å². The molecule has 1 heterocycles. The number of nitrogens with zero attached hydrogens (tertiary/aromatic N) is 1. The highest BCUT2D eigenvalue weighted by molar-refractivity contribution is 9.10. The first-order valence-corrected chi connectivity index (χ1v) is 11.0. The molecule has 11 heteroatoms. The molecule has 2 rings (SSSR count). The largest absolute Gasteiger partial charge is 0.465 e. The number of rotatable bonds is 6.